The van der Waals surface area contributed by atoms with Gasteiger partial charge in [0.1, 0.15) is 0 Å². The number of rotatable bonds is 5. The van der Waals surface area contributed by atoms with Gasteiger partial charge in [-0.25, -0.2) is 4.79 Å². The molecule has 0 aliphatic heterocycles. The summed E-state index contributed by atoms with van der Waals surface area (Å²) in [5, 5.41) is 15.3. The van der Waals surface area contributed by atoms with Crippen molar-refractivity contribution in [2.75, 3.05) is 0 Å². The number of hydrogen-bond donors (Lipinski definition) is 3. The van der Waals surface area contributed by atoms with Crippen LogP contribution in [0.5, 0.6) is 0 Å². The molecule has 3 N–H and O–H groups in total. The molecule has 2 amide bonds. The van der Waals surface area contributed by atoms with E-state index in [1.807, 2.05) is 18.2 Å². The molecule has 0 bridgehead atoms. The fourth-order valence-electron chi connectivity index (χ4n) is 4.09. The van der Waals surface area contributed by atoms with E-state index in [4.69, 9.17) is 5.11 Å². The van der Waals surface area contributed by atoms with Crippen LogP contribution in [-0.2, 0) is 10.2 Å². The van der Waals surface area contributed by atoms with E-state index >= 15 is 0 Å². The third kappa shape index (κ3) is 3.65. The Morgan fingerprint density at radius 2 is 1.68 bits per heavy atom. The standard InChI is InChI=1S/C20H28N2O3/c1-19(2,15-6-4-3-5-7-15)20(12-13-20)22-18(25)21-16-10-8-14(9-11-16)17(23)24/h3-7,14,16H,8-13H2,1-2H3,(H,23,24)(H2,21,22,25). The Labute approximate surface area is 149 Å². The first-order valence-electron chi connectivity index (χ1n) is 9.21. The first kappa shape index (κ1) is 17.8. The fourth-order valence-corrected chi connectivity index (χ4v) is 4.09. The minimum atomic E-state index is -0.718. The van der Waals surface area contributed by atoms with Gasteiger partial charge in [0, 0.05) is 11.5 Å². The van der Waals surface area contributed by atoms with Crippen molar-refractivity contribution in [2.45, 2.75) is 69.4 Å². The third-order valence-corrected chi connectivity index (χ3v) is 6.21. The molecule has 0 spiro atoms. The summed E-state index contributed by atoms with van der Waals surface area (Å²) in [6, 6.07) is 10.3. The van der Waals surface area contributed by atoms with Gasteiger partial charge in [-0.05, 0) is 44.1 Å². The van der Waals surface area contributed by atoms with Gasteiger partial charge in [0.25, 0.3) is 0 Å². The molecule has 1 aromatic carbocycles. The fraction of sp³-hybridized carbons (Fsp3) is 0.600. The van der Waals surface area contributed by atoms with Crippen molar-refractivity contribution < 1.29 is 14.7 Å². The quantitative estimate of drug-likeness (QED) is 0.765. The van der Waals surface area contributed by atoms with Crippen LogP contribution in [-0.4, -0.2) is 28.7 Å². The van der Waals surface area contributed by atoms with Gasteiger partial charge in [-0.1, -0.05) is 44.2 Å². The highest BCUT2D eigenvalue weighted by molar-refractivity contribution is 5.76. The zero-order valence-corrected chi connectivity index (χ0v) is 15.0. The van der Waals surface area contributed by atoms with Crippen molar-refractivity contribution in [3.05, 3.63) is 35.9 Å². The maximum atomic E-state index is 12.5. The summed E-state index contributed by atoms with van der Waals surface area (Å²) in [5.74, 6) is -0.975. The summed E-state index contributed by atoms with van der Waals surface area (Å²) < 4.78 is 0. The summed E-state index contributed by atoms with van der Waals surface area (Å²) >= 11 is 0. The molecule has 0 radical (unpaired) electrons. The molecule has 3 rings (SSSR count). The summed E-state index contributed by atoms with van der Waals surface area (Å²) in [7, 11) is 0. The number of aliphatic carboxylic acids is 1. The number of amides is 2. The lowest BCUT2D eigenvalue weighted by atomic mass is 9.75. The van der Waals surface area contributed by atoms with E-state index in [-0.39, 0.29) is 28.9 Å². The first-order chi connectivity index (χ1) is 11.8. The molecule has 2 aliphatic rings. The van der Waals surface area contributed by atoms with Crippen LogP contribution < -0.4 is 10.6 Å². The second-order valence-corrected chi connectivity index (χ2v) is 8.06. The van der Waals surface area contributed by atoms with Crippen molar-refractivity contribution in [1.82, 2.24) is 10.6 Å². The highest BCUT2D eigenvalue weighted by atomic mass is 16.4. The number of carboxylic acids is 1. The van der Waals surface area contributed by atoms with E-state index in [0.717, 1.165) is 25.7 Å². The molecule has 136 valence electrons. The van der Waals surface area contributed by atoms with E-state index in [0.29, 0.717) is 12.8 Å². The zero-order valence-electron chi connectivity index (χ0n) is 15.0. The molecule has 0 heterocycles. The van der Waals surface area contributed by atoms with E-state index in [2.05, 4.69) is 36.6 Å². The first-order valence-corrected chi connectivity index (χ1v) is 9.21. The molecular weight excluding hydrogens is 316 g/mol. The average Bonchev–Trinajstić information content (AvgIpc) is 3.37. The maximum absolute atomic E-state index is 12.5. The van der Waals surface area contributed by atoms with Gasteiger partial charge < -0.3 is 15.7 Å². The van der Waals surface area contributed by atoms with Crippen molar-refractivity contribution in [3.63, 3.8) is 0 Å². The predicted molar refractivity (Wildman–Crippen MR) is 96.5 cm³/mol. The van der Waals surface area contributed by atoms with Gasteiger partial charge in [0.15, 0.2) is 0 Å². The minimum absolute atomic E-state index is 0.0752. The van der Waals surface area contributed by atoms with Gasteiger partial charge in [-0.15, -0.1) is 0 Å². The Hall–Kier alpha value is -2.04. The van der Waals surface area contributed by atoms with Crippen LogP contribution in [0.15, 0.2) is 30.3 Å². The Morgan fingerprint density at radius 1 is 1.08 bits per heavy atom. The van der Waals surface area contributed by atoms with Crippen LogP contribution in [0.2, 0.25) is 0 Å². The Morgan fingerprint density at radius 3 is 2.20 bits per heavy atom. The summed E-state index contributed by atoms with van der Waals surface area (Å²) in [6.07, 6.45) is 4.71. The second-order valence-electron chi connectivity index (χ2n) is 8.06. The van der Waals surface area contributed by atoms with Crippen molar-refractivity contribution in [1.29, 1.82) is 0 Å². The smallest absolute Gasteiger partial charge is 0.315 e. The lowest BCUT2D eigenvalue weighted by molar-refractivity contribution is -0.142. The monoisotopic (exact) mass is 344 g/mol. The molecule has 0 aromatic heterocycles. The number of urea groups is 1. The third-order valence-electron chi connectivity index (χ3n) is 6.21. The SMILES string of the molecule is CC(C)(c1ccccc1)C1(NC(=O)NC2CCC(C(=O)O)CC2)CC1. The molecule has 1 aromatic rings. The van der Waals surface area contributed by atoms with Crippen molar-refractivity contribution >= 4 is 12.0 Å². The van der Waals surface area contributed by atoms with Gasteiger partial charge in [-0.2, -0.15) is 0 Å². The van der Waals surface area contributed by atoms with Gasteiger partial charge in [0.2, 0.25) is 0 Å². The molecule has 2 aliphatic carbocycles. The normalized spacial score (nSPS) is 25.0. The van der Waals surface area contributed by atoms with Gasteiger partial charge >= 0.3 is 12.0 Å². The number of carbonyl (C=O) groups excluding carboxylic acids is 1. The topological polar surface area (TPSA) is 78.4 Å². The molecule has 0 saturated heterocycles. The maximum Gasteiger partial charge on any atom is 0.315 e. The number of benzene rings is 1. The van der Waals surface area contributed by atoms with E-state index in [1.54, 1.807) is 0 Å². The highest BCUT2D eigenvalue weighted by Gasteiger charge is 2.56. The number of carbonyl (C=O) groups is 2. The van der Waals surface area contributed by atoms with E-state index in [1.165, 1.54) is 5.56 Å². The van der Waals surface area contributed by atoms with E-state index in [9.17, 15) is 9.59 Å². The Bertz CT molecular complexity index is 630. The van der Waals surface area contributed by atoms with Crippen LogP contribution in [0.4, 0.5) is 4.79 Å². The average molecular weight is 344 g/mol. The molecule has 0 unspecified atom stereocenters. The molecule has 0 atom stereocenters. The summed E-state index contributed by atoms with van der Waals surface area (Å²) in [5.41, 5.74) is 0.901. The number of hydrogen-bond acceptors (Lipinski definition) is 2. The zero-order chi connectivity index (χ0) is 18.1. The van der Waals surface area contributed by atoms with Gasteiger partial charge in [0.05, 0.1) is 11.5 Å². The van der Waals surface area contributed by atoms with Crippen LogP contribution in [0.25, 0.3) is 0 Å². The molecule has 5 nitrogen and oxygen atoms in total. The second kappa shape index (κ2) is 6.70. The van der Waals surface area contributed by atoms with E-state index < -0.39 is 5.97 Å². The minimum Gasteiger partial charge on any atom is -0.481 e. The highest BCUT2D eigenvalue weighted by Crippen LogP contribution is 2.51. The number of carboxylic acid groups (broad SMARTS) is 1. The van der Waals surface area contributed by atoms with Gasteiger partial charge in [-0.3, -0.25) is 4.79 Å². The van der Waals surface area contributed by atoms with Crippen LogP contribution in [0, 0.1) is 5.92 Å². The molecule has 25 heavy (non-hydrogen) atoms. The predicted octanol–water partition coefficient (Wildman–Crippen LogP) is 3.44. The van der Waals surface area contributed by atoms with Crippen molar-refractivity contribution in [3.8, 4) is 0 Å². The van der Waals surface area contributed by atoms with Crippen LogP contribution >= 0.6 is 0 Å². The number of nitrogens with one attached hydrogen (secondary N) is 2. The molecule has 2 fully saturated rings. The lowest BCUT2D eigenvalue weighted by Crippen LogP contribution is -2.55. The van der Waals surface area contributed by atoms with Crippen LogP contribution in [0.1, 0.15) is 57.9 Å². The summed E-state index contributed by atoms with van der Waals surface area (Å²) in [6.45, 7) is 4.38. The van der Waals surface area contributed by atoms with Crippen LogP contribution in [0.3, 0.4) is 0 Å². The molecular formula is C20H28N2O3. The van der Waals surface area contributed by atoms with Crippen molar-refractivity contribution in [2.24, 2.45) is 5.92 Å². The lowest BCUT2D eigenvalue weighted by Gasteiger charge is -2.37. The molecule has 2 saturated carbocycles. The molecule has 5 heteroatoms. The largest absolute Gasteiger partial charge is 0.481 e. The Balaban J connectivity index is 1.57. The summed E-state index contributed by atoms with van der Waals surface area (Å²) in [4.78, 5) is 23.5. The Kier molecular flexibility index (Phi) is 4.76.